The number of aldehydes is 1. The first-order chi connectivity index (χ1) is 8.58. The van der Waals surface area contributed by atoms with Gasteiger partial charge in [0, 0.05) is 0 Å². The number of allylic oxidation sites excluding steroid dienone is 1. The van der Waals surface area contributed by atoms with Crippen molar-refractivity contribution in [1.29, 1.82) is 0 Å². The zero-order valence-corrected chi connectivity index (χ0v) is 13.9. The maximum Gasteiger partial charge on any atom is -0.457 e. The number of carbonyl (C=O) groups is 1. The molecule has 0 aliphatic heterocycles. The molecular weight excluding hydrogens is 304 g/mol. The second kappa shape index (κ2) is 36.7. The molecule has 0 aromatic heterocycles. The van der Waals surface area contributed by atoms with E-state index in [2.05, 4.69) is 41.3 Å². The van der Waals surface area contributed by atoms with Gasteiger partial charge in [-0.2, -0.15) is 0 Å². The maximum atomic E-state index is 9.93. The summed E-state index contributed by atoms with van der Waals surface area (Å²) in [4.78, 5) is 9.93. The molecule has 21 heavy (non-hydrogen) atoms. The molecule has 3 atom stereocenters. The Morgan fingerprint density at radius 3 is 2.00 bits per heavy atom. The van der Waals surface area contributed by atoms with Gasteiger partial charge in [-0.1, -0.05) is 14.9 Å². The second-order valence-corrected chi connectivity index (χ2v) is 4.16. The van der Waals surface area contributed by atoms with Crippen LogP contribution in [0, 0.1) is 12.6 Å². The van der Waals surface area contributed by atoms with Gasteiger partial charge in [0.15, 0.2) is 0 Å². The molecule has 3 N–H and O–H groups in total. The van der Waals surface area contributed by atoms with Crippen LogP contribution in [0.4, 0.5) is 0 Å². The summed E-state index contributed by atoms with van der Waals surface area (Å²) in [5.41, 5.74) is 1.14. The summed E-state index contributed by atoms with van der Waals surface area (Å²) in [6, 6.07) is 0. The molecule has 5 nitrogen and oxygen atoms in total. The summed E-state index contributed by atoms with van der Waals surface area (Å²) in [6.07, 6.45) is 3.36. The van der Waals surface area contributed by atoms with Crippen LogP contribution >= 0.6 is 18.8 Å². The van der Waals surface area contributed by atoms with Gasteiger partial charge in [-0.05, 0) is 0 Å². The topological polar surface area (TPSA) is 94.7 Å². The first-order valence-corrected chi connectivity index (χ1v) is 6.33. The van der Waals surface area contributed by atoms with E-state index in [1.165, 1.54) is 0 Å². The van der Waals surface area contributed by atoms with Crippen LogP contribution in [0.2, 0.25) is 12.6 Å². The van der Waals surface area contributed by atoms with Gasteiger partial charge in [0.25, 0.3) is 0 Å². The Morgan fingerprint density at radius 1 is 1.33 bits per heavy atom. The molecule has 0 saturated carbocycles. The predicted molar refractivity (Wildman–Crippen MR) is 102 cm³/mol. The normalized spacial score (nSPS) is 8.67. The Kier molecular flexibility index (Phi) is 65.0. The van der Waals surface area contributed by atoms with Crippen LogP contribution in [0.3, 0.4) is 0 Å². The number of nitrogens with zero attached hydrogens (tertiary/aromatic N) is 2. The minimum absolute atomic E-state index is 0. The van der Waals surface area contributed by atoms with E-state index < -0.39 is 0 Å². The van der Waals surface area contributed by atoms with Gasteiger partial charge in [0.2, 0.25) is 0 Å². The Morgan fingerprint density at radius 2 is 1.76 bits per heavy atom. The van der Waals surface area contributed by atoms with E-state index in [0.29, 0.717) is 12.3 Å². The monoisotopic (exact) mass is 335 g/mol. The van der Waals surface area contributed by atoms with Crippen LogP contribution in [-0.4, -0.2) is 20.4 Å². The van der Waals surface area contributed by atoms with E-state index in [4.69, 9.17) is 4.65 Å². The number of hydrogen-bond donors (Lipinski definition) is 0. The van der Waals surface area contributed by atoms with Crippen LogP contribution in [-0.2, 0) is 14.9 Å². The molecule has 0 aliphatic rings. The second-order valence-electron chi connectivity index (χ2n) is 3.57. The fraction of sp³-hybridized carbons (Fsp3) is 0.667. The number of carbonyl (C=O) groups excluding carboxylic acids is 1. The van der Waals surface area contributed by atoms with E-state index in [-0.39, 0.29) is 20.3 Å². The van der Waals surface area contributed by atoms with Gasteiger partial charge in [-0.25, -0.2) is 0 Å². The van der Waals surface area contributed by atoms with Crippen LogP contribution in [0.1, 0.15) is 35.1 Å². The Labute approximate surface area is 136 Å². The van der Waals surface area contributed by atoms with Gasteiger partial charge < -0.3 is 5.48 Å². The van der Waals surface area contributed by atoms with Crippen LogP contribution < -0.4 is 0 Å². The van der Waals surface area contributed by atoms with Crippen molar-refractivity contribution in [3.05, 3.63) is 18.8 Å². The minimum Gasteiger partial charge on any atom is -0.457 e. The van der Waals surface area contributed by atoms with E-state index in [1.807, 2.05) is 20.9 Å². The van der Waals surface area contributed by atoms with E-state index in [9.17, 15) is 4.79 Å². The zero-order valence-electron chi connectivity index (χ0n) is 11.6. The largest absolute Gasteiger partial charge is 0.457 e. The quantitative estimate of drug-likeness (QED) is 0.183. The van der Waals surface area contributed by atoms with Crippen molar-refractivity contribution in [2.45, 2.75) is 47.8 Å². The minimum atomic E-state index is 0. The van der Waals surface area contributed by atoms with Crippen molar-refractivity contribution in [1.82, 2.24) is 0 Å². The molecule has 0 radical (unpaired) electrons. The summed E-state index contributed by atoms with van der Waals surface area (Å²) in [5, 5.41) is 0. The van der Waals surface area contributed by atoms with E-state index in [0.717, 1.165) is 24.5 Å². The molecule has 9 heteroatoms. The van der Waals surface area contributed by atoms with Gasteiger partial charge in [-0.3, -0.25) is 0 Å². The van der Waals surface area contributed by atoms with E-state index >= 15 is 0 Å². The molecule has 0 amide bonds. The van der Waals surface area contributed by atoms with Crippen molar-refractivity contribution in [3.63, 3.8) is 0 Å². The fourth-order valence-corrected chi connectivity index (χ4v) is 0.937. The molecule has 0 bridgehead atoms. The zero-order chi connectivity index (χ0) is 14.8. The first-order valence-electron chi connectivity index (χ1n) is 5.30. The standard InChI is InChI=1S/C5H11BNOP.C4H9BNP.CO.2CH4.H2O/c1-5(2-3-8)4-6-7-9;1-4(2)3-5-6-7;1-2;;;/h3,5H,2,4,9H2,1H3;1,3,7H2,2H3;;2*1H4;1H2/p+1. The van der Waals surface area contributed by atoms with E-state index in [1.54, 1.807) is 7.07 Å². The molecule has 0 aromatic rings. The third kappa shape index (κ3) is 53.9. The van der Waals surface area contributed by atoms with Crippen LogP contribution in [0.15, 0.2) is 21.5 Å². The first kappa shape index (κ1) is 37.2. The van der Waals surface area contributed by atoms with Crippen molar-refractivity contribution in [2.24, 2.45) is 15.2 Å². The average molecular weight is 335 g/mol. The molecular formula is C12H31B2N2O3P2+. The Bertz CT molecular complexity index is 289. The number of hydrogen-bond acceptors (Lipinski definition) is 3. The SMILES string of the molecule is C.C.C=C(C)CB=NP.CC(CB=NP)CC=O.[C-]#[O+].[OH3+]. The number of rotatable bonds is 6. The third-order valence-corrected chi connectivity index (χ3v) is 2.08. The fourth-order valence-electron chi connectivity index (χ4n) is 0.710. The predicted octanol–water partition coefficient (Wildman–Crippen LogP) is 3.28. The van der Waals surface area contributed by atoms with Gasteiger partial charge in [0.1, 0.15) is 0 Å². The molecule has 122 valence electrons. The molecule has 0 saturated heterocycles. The smallest absolute Gasteiger partial charge is 0.457 e. The summed E-state index contributed by atoms with van der Waals surface area (Å²) < 4.78 is 14.9. The molecule has 0 rings (SSSR count). The summed E-state index contributed by atoms with van der Waals surface area (Å²) in [6.45, 7) is 12.2. The molecule has 0 spiro atoms. The Hall–Kier alpha value is -0.300. The molecule has 0 aromatic carbocycles. The van der Waals surface area contributed by atoms with Crippen molar-refractivity contribution < 1.29 is 14.9 Å². The Balaban J connectivity index is -0.0000000430. The maximum absolute atomic E-state index is 9.93. The van der Waals surface area contributed by atoms with Crippen LogP contribution in [0.5, 0.6) is 0 Å². The van der Waals surface area contributed by atoms with Crippen LogP contribution in [0.25, 0.3) is 0 Å². The van der Waals surface area contributed by atoms with Gasteiger partial charge in [-0.15, -0.1) is 0 Å². The molecule has 3 unspecified atom stereocenters. The van der Waals surface area contributed by atoms with Crippen molar-refractivity contribution >= 4 is 39.2 Å². The summed E-state index contributed by atoms with van der Waals surface area (Å²) in [7, 11) is 8.15. The summed E-state index contributed by atoms with van der Waals surface area (Å²) >= 11 is 0. The molecule has 0 heterocycles. The van der Waals surface area contributed by atoms with Gasteiger partial charge >= 0.3 is 116 Å². The van der Waals surface area contributed by atoms with Crippen molar-refractivity contribution in [3.8, 4) is 0 Å². The molecule has 0 aliphatic carbocycles. The van der Waals surface area contributed by atoms with Crippen molar-refractivity contribution in [2.75, 3.05) is 0 Å². The average Bonchev–Trinajstić information content (AvgIpc) is 2.37. The van der Waals surface area contributed by atoms with Gasteiger partial charge in [0.05, 0.1) is 0 Å². The summed E-state index contributed by atoms with van der Waals surface area (Å²) in [5.74, 6) is 0.437. The third-order valence-electron chi connectivity index (χ3n) is 1.66. The molecule has 0 fully saturated rings.